The van der Waals surface area contributed by atoms with E-state index in [0.29, 0.717) is 18.8 Å². The highest BCUT2D eigenvalue weighted by atomic mass is 16.5. The summed E-state index contributed by atoms with van der Waals surface area (Å²) in [4.78, 5) is 17.2. The Hall–Kier alpha value is -2.53. The molecule has 0 aliphatic carbocycles. The van der Waals surface area contributed by atoms with Crippen molar-refractivity contribution in [2.24, 2.45) is 0 Å². The van der Waals surface area contributed by atoms with Crippen molar-refractivity contribution in [1.82, 2.24) is 9.80 Å². The maximum Gasteiger partial charge on any atom is 0.237 e. The Morgan fingerprint density at radius 3 is 2.39 bits per heavy atom. The molecule has 0 aromatic heterocycles. The molecule has 0 unspecified atom stereocenters. The summed E-state index contributed by atoms with van der Waals surface area (Å²) in [6, 6.07) is 14.4. The van der Waals surface area contributed by atoms with Crippen LogP contribution in [-0.4, -0.2) is 49.6 Å². The molecule has 2 aromatic carbocycles. The zero-order valence-electron chi connectivity index (χ0n) is 17.1. The summed E-state index contributed by atoms with van der Waals surface area (Å²) in [7, 11) is 3.29. The van der Waals surface area contributed by atoms with Crippen LogP contribution in [0.2, 0.25) is 0 Å². The van der Waals surface area contributed by atoms with Gasteiger partial charge in [0, 0.05) is 19.6 Å². The number of carbonyl (C=O) groups excluding carboxylic acids is 1. The van der Waals surface area contributed by atoms with Crippen LogP contribution >= 0.6 is 0 Å². The minimum absolute atomic E-state index is 0.185. The molecule has 0 bridgehead atoms. The van der Waals surface area contributed by atoms with Crippen molar-refractivity contribution in [2.75, 3.05) is 33.9 Å². The average Bonchev–Trinajstić information content (AvgIpc) is 2.73. The molecule has 5 nitrogen and oxygen atoms in total. The van der Waals surface area contributed by atoms with Crippen LogP contribution in [0.15, 0.2) is 42.5 Å². The lowest BCUT2D eigenvalue weighted by Gasteiger charge is -2.32. The van der Waals surface area contributed by atoms with Gasteiger partial charge >= 0.3 is 0 Å². The van der Waals surface area contributed by atoms with Crippen LogP contribution in [0.3, 0.4) is 0 Å². The Balaban J connectivity index is 1.67. The van der Waals surface area contributed by atoms with E-state index in [1.165, 1.54) is 11.1 Å². The molecule has 0 saturated heterocycles. The van der Waals surface area contributed by atoms with Gasteiger partial charge in [0.2, 0.25) is 5.91 Å². The third-order valence-corrected chi connectivity index (χ3v) is 5.22. The van der Waals surface area contributed by atoms with Crippen LogP contribution < -0.4 is 9.47 Å². The smallest absolute Gasteiger partial charge is 0.237 e. The van der Waals surface area contributed by atoms with Crippen LogP contribution in [0.25, 0.3) is 0 Å². The second-order valence-corrected chi connectivity index (χ2v) is 7.24. The van der Waals surface area contributed by atoms with Gasteiger partial charge < -0.3 is 14.4 Å². The van der Waals surface area contributed by atoms with E-state index in [0.717, 1.165) is 43.8 Å². The lowest BCUT2D eigenvalue weighted by atomic mass is 9.98. The van der Waals surface area contributed by atoms with Crippen molar-refractivity contribution in [3.05, 3.63) is 59.2 Å². The first-order valence-corrected chi connectivity index (χ1v) is 9.92. The first-order valence-electron chi connectivity index (χ1n) is 9.92. The van der Waals surface area contributed by atoms with Crippen LogP contribution in [0.5, 0.6) is 11.5 Å². The van der Waals surface area contributed by atoms with E-state index in [4.69, 9.17) is 9.47 Å². The summed E-state index contributed by atoms with van der Waals surface area (Å²) >= 11 is 0. The number of hydrogen-bond donors (Lipinski definition) is 0. The fraction of sp³-hybridized carbons (Fsp3) is 0.435. The zero-order valence-corrected chi connectivity index (χ0v) is 17.1. The minimum Gasteiger partial charge on any atom is -0.493 e. The fourth-order valence-corrected chi connectivity index (χ4v) is 3.76. The Labute approximate surface area is 167 Å². The molecule has 0 N–H and O–H groups in total. The molecule has 0 fully saturated rings. The van der Waals surface area contributed by atoms with E-state index in [9.17, 15) is 4.79 Å². The lowest BCUT2D eigenvalue weighted by molar-refractivity contribution is -0.133. The Bertz CT molecular complexity index is 792. The highest BCUT2D eigenvalue weighted by molar-refractivity contribution is 5.78. The minimum atomic E-state index is 0.185. The zero-order chi connectivity index (χ0) is 19.9. The average molecular weight is 383 g/mol. The molecular weight excluding hydrogens is 352 g/mol. The number of rotatable bonds is 8. The van der Waals surface area contributed by atoms with Crippen LogP contribution in [0.1, 0.15) is 30.0 Å². The summed E-state index contributed by atoms with van der Waals surface area (Å²) in [5.74, 6) is 1.65. The van der Waals surface area contributed by atoms with E-state index in [1.807, 2.05) is 35.2 Å². The number of benzene rings is 2. The Kier molecular flexibility index (Phi) is 6.93. The summed E-state index contributed by atoms with van der Waals surface area (Å²) in [6.45, 7) is 5.68. The third-order valence-electron chi connectivity index (χ3n) is 5.22. The SMILES string of the molecule is CCCN(CC(=O)N1CCc2cc(OC)c(OC)cc2C1)Cc1ccccc1. The Morgan fingerprint density at radius 2 is 1.75 bits per heavy atom. The maximum atomic E-state index is 13.0. The van der Waals surface area contributed by atoms with Crippen molar-refractivity contribution in [2.45, 2.75) is 32.9 Å². The second-order valence-electron chi connectivity index (χ2n) is 7.24. The number of amides is 1. The van der Waals surface area contributed by atoms with E-state index >= 15 is 0 Å². The topological polar surface area (TPSA) is 42.0 Å². The van der Waals surface area contributed by atoms with Gasteiger partial charge in [0.25, 0.3) is 0 Å². The predicted molar refractivity (Wildman–Crippen MR) is 111 cm³/mol. The molecule has 5 heteroatoms. The fourth-order valence-electron chi connectivity index (χ4n) is 3.76. The van der Waals surface area contributed by atoms with E-state index in [2.05, 4.69) is 24.0 Å². The van der Waals surface area contributed by atoms with E-state index in [1.54, 1.807) is 14.2 Å². The summed E-state index contributed by atoms with van der Waals surface area (Å²) < 4.78 is 10.8. The number of carbonyl (C=O) groups is 1. The van der Waals surface area contributed by atoms with Gasteiger partial charge in [-0.15, -0.1) is 0 Å². The summed E-state index contributed by atoms with van der Waals surface area (Å²) in [6.07, 6.45) is 1.87. The van der Waals surface area contributed by atoms with Crippen molar-refractivity contribution in [3.63, 3.8) is 0 Å². The van der Waals surface area contributed by atoms with E-state index in [-0.39, 0.29) is 5.91 Å². The van der Waals surface area contributed by atoms with Gasteiger partial charge in [0.15, 0.2) is 11.5 Å². The van der Waals surface area contributed by atoms with Gasteiger partial charge in [-0.1, -0.05) is 37.3 Å². The Morgan fingerprint density at radius 1 is 1.07 bits per heavy atom. The van der Waals surface area contributed by atoms with Crippen molar-refractivity contribution < 1.29 is 14.3 Å². The largest absolute Gasteiger partial charge is 0.493 e. The van der Waals surface area contributed by atoms with Gasteiger partial charge in [-0.25, -0.2) is 0 Å². The highest BCUT2D eigenvalue weighted by Crippen LogP contribution is 2.33. The summed E-state index contributed by atoms with van der Waals surface area (Å²) in [5.41, 5.74) is 3.61. The monoisotopic (exact) mass is 382 g/mol. The quantitative estimate of drug-likeness (QED) is 0.701. The summed E-state index contributed by atoms with van der Waals surface area (Å²) in [5, 5.41) is 0. The molecule has 28 heavy (non-hydrogen) atoms. The van der Waals surface area contributed by atoms with Crippen molar-refractivity contribution >= 4 is 5.91 Å². The molecule has 1 amide bonds. The van der Waals surface area contributed by atoms with Crippen LogP contribution in [-0.2, 0) is 24.3 Å². The predicted octanol–water partition coefficient (Wildman–Crippen LogP) is 3.50. The normalized spacial score (nSPS) is 13.4. The van der Waals surface area contributed by atoms with Crippen molar-refractivity contribution in [3.8, 4) is 11.5 Å². The highest BCUT2D eigenvalue weighted by Gasteiger charge is 2.24. The number of methoxy groups -OCH3 is 2. The molecular formula is C23H30N2O3. The molecule has 2 aromatic rings. The molecule has 0 spiro atoms. The lowest BCUT2D eigenvalue weighted by Crippen LogP contribution is -2.42. The molecule has 0 atom stereocenters. The van der Waals surface area contributed by atoms with Crippen LogP contribution in [0.4, 0.5) is 0 Å². The van der Waals surface area contributed by atoms with Crippen LogP contribution in [0, 0.1) is 0 Å². The molecule has 3 rings (SSSR count). The van der Waals surface area contributed by atoms with E-state index < -0.39 is 0 Å². The number of fused-ring (bicyclic) bond motifs is 1. The molecule has 1 aliphatic heterocycles. The third kappa shape index (κ3) is 4.84. The molecule has 1 heterocycles. The molecule has 1 aliphatic rings. The first kappa shape index (κ1) is 20.2. The first-order chi connectivity index (χ1) is 13.6. The number of nitrogens with zero attached hydrogens (tertiary/aromatic N) is 2. The van der Waals surface area contributed by atoms with Gasteiger partial charge in [-0.3, -0.25) is 9.69 Å². The molecule has 150 valence electrons. The standard InChI is InChI=1S/C23H30N2O3/c1-4-11-24(15-18-8-6-5-7-9-18)17-23(26)25-12-10-19-13-21(27-2)22(28-3)14-20(19)16-25/h5-9,13-14H,4,10-12,15-17H2,1-3H3. The second kappa shape index (κ2) is 9.60. The van der Waals surface area contributed by atoms with Crippen molar-refractivity contribution in [1.29, 1.82) is 0 Å². The molecule has 0 saturated carbocycles. The number of hydrogen-bond acceptors (Lipinski definition) is 4. The number of ether oxygens (including phenoxy) is 2. The van der Waals surface area contributed by atoms with Gasteiger partial charge in [-0.2, -0.15) is 0 Å². The maximum absolute atomic E-state index is 13.0. The van der Waals surface area contributed by atoms with Gasteiger partial charge in [0.1, 0.15) is 0 Å². The van der Waals surface area contributed by atoms with Gasteiger partial charge in [-0.05, 0) is 48.2 Å². The van der Waals surface area contributed by atoms with Gasteiger partial charge in [0.05, 0.1) is 20.8 Å². The molecule has 0 radical (unpaired) electrons.